The van der Waals surface area contributed by atoms with Crippen molar-refractivity contribution >= 4 is 12.4 Å². The largest absolute Gasteiger partial charge is 0.378 e. The van der Waals surface area contributed by atoms with Crippen LogP contribution in [0.25, 0.3) is 0 Å². The van der Waals surface area contributed by atoms with Gasteiger partial charge in [0.15, 0.2) is 0 Å². The maximum atomic E-state index is 13.4. The molecule has 2 heterocycles. The lowest BCUT2D eigenvalue weighted by Gasteiger charge is -2.28. The summed E-state index contributed by atoms with van der Waals surface area (Å²) in [6.07, 6.45) is 1.60. The highest BCUT2D eigenvalue weighted by atomic mass is 35.5. The topological polar surface area (TPSA) is 21.3 Å². The van der Waals surface area contributed by atoms with Crippen molar-refractivity contribution in [3.63, 3.8) is 0 Å². The van der Waals surface area contributed by atoms with Crippen molar-refractivity contribution in [1.29, 1.82) is 0 Å². The zero-order valence-electron chi connectivity index (χ0n) is 7.76. The predicted octanol–water partition coefficient (Wildman–Crippen LogP) is 1.44. The zero-order chi connectivity index (χ0) is 9.10. The molecule has 2 atom stereocenters. The average Bonchev–Trinajstić information content (AvgIpc) is 2.46. The van der Waals surface area contributed by atoms with Gasteiger partial charge in [0, 0.05) is 19.7 Å². The van der Waals surface area contributed by atoms with Crippen molar-refractivity contribution in [2.24, 2.45) is 11.3 Å². The van der Waals surface area contributed by atoms with E-state index < -0.39 is 17.3 Å². The maximum absolute atomic E-state index is 13.4. The van der Waals surface area contributed by atoms with Crippen molar-refractivity contribution in [2.45, 2.75) is 24.9 Å². The van der Waals surface area contributed by atoms with Gasteiger partial charge < -0.3 is 10.1 Å². The molecule has 5 heteroatoms. The monoisotopic (exact) mass is 225 g/mol. The van der Waals surface area contributed by atoms with Crippen LogP contribution in [0.5, 0.6) is 0 Å². The summed E-state index contributed by atoms with van der Waals surface area (Å²) in [5.74, 6) is -2.96. The quantitative estimate of drug-likeness (QED) is 0.729. The zero-order valence-corrected chi connectivity index (χ0v) is 8.58. The number of nitrogens with one attached hydrogen (secondary N) is 1. The van der Waals surface area contributed by atoms with E-state index in [9.17, 15) is 8.78 Å². The molecule has 0 aromatic carbocycles. The second-order valence-corrected chi connectivity index (χ2v) is 4.41. The third-order valence-corrected chi connectivity index (χ3v) is 3.78. The van der Waals surface area contributed by atoms with E-state index >= 15 is 0 Å². The molecule has 0 aromatic rings. The third kappa shape index (κ3) is 1.02. The van der Waals surface area contributed by atoms with Crippen LogP contribution in [0.15, 0.2) is 0 Å². The fraction of sp³-hybridized carbons (Fsp3) is 1.00. The van der Waals surface area contributed by atoms with Crippen LogP contribution in [-0.4, -0.2) is 31.7 Å². The molecular weight excluding hydrogens is 212 g/mol. The Bertz CT molecular complexity index is 239. The minimum Gasteiger partial charge on any atom is -0.378 e. The average molecular weight is 226 g/mol. The fourth-order valence-electron chi connectivity index (χ4n) is 2.84. The van der Waals surface area contributed by atoms with Gasteiger partial charge >= 0.3 is 0 Å². The Hall–Kier alpha value is 0.0700. The fourth-order valence-corrected chi connectivity index (χ4v) is 2.84. The second kappa shape index (κ2) is 3.03. The molecule has 1 saturated carbocycles. The van der Waals surface area contributed by atoms with Crippen LogP contribution in [0.1, 0.15) is 12.8 Å². The number of rotatable bonds is 1. The van der Waals surface area contributed by atoms with Crippen LogP contribution < -0.4 is 5.32 Å². The molecule has 0 amide bonds. The number of ether oxygens (including phenoxy) is 1. The highest BCUT2D eigenvalue weighted by molar-refractivity contribution is 5.85. The molecule has 2 unspecified atom stereocenters. The first kappa shape index (κ1) is 10.6. The Balaban J connectivity index is 0.000000750. The molecule has 1 N–H and O–H groups in total. The molecule has 0 bridgehead atoms. The smallest absolute Gasteiger partial charge is 0.262 e. The van der Waals surface area contributed by atoms with Crippen molar-refractivity contribution in [1.82, 2.24) is 5.32 Å². The van der Waals surface area contributed by atoms with Crippen LogP contribution in [-0.2, 0) is 4.74 Å². The van der Waals surface area contributed by atoms with E-state index in [4.69, 9.17) is 4.74 Å². The Kier molecular flexibility index (Phi) is 2.29. The predicted molar refractivity (Wildman–Crippen MR) is 50.0 cm³/mol. The standard InChI is InChI=1S/C9H13F2NO.ClH/c10-9(11)7(6-2-1-3-13-6)8(9)4-12-5-8;/h6-7,12H,1-5H2;1H. The Labute approximate surface area is 87.8 Å². The normalized spacial score (nSPS) is 41.6. The lowest BCUT2D eigenvalue weighted by atomic mass is 9.93. The molecule has 2 saturated heterocycles. The van der Waals surface area contributed by atoms with E-state index in [0.717, 1.165) is 12.8 Å². The van der Waals surface area contributed by atoms with Gasteiger partial charge in [0.2, 0.25) is 0 Å². The van der Waals surface area contributed by atoms with Crippen molar-refractivity contribution in [2.75, 3.05) is 19.7 Å². The minimum atomic E-state index is -2.47. The van der Waals surface area contributed by atoms with E-state index in [0.29, 0.717) is 19.7 Å². The molecule has 3 fully saturated rings. The second-order valence-electron chi connectivity index (χ2n) is 4.41. The molecule has 0 aromatic heterocycles. The summed E-state index contributed by atoms with van der Waals surface area (Å²) < 4.78 is 32.2. The summed E-state index contributed by atoms with van der Waals surface area (Å²) in [4.78, 5) is 0. The van der Waals surface area contributed by atoms with Crippen LogP contribution in [0.3, 0.4) is 0 Å². The first-order valence-corrected chi connectivity index (χ1v) is 4.89. The van der Waals surface area contributed by atoms with Gasteiger partial charge in [0.05, 0.1) is 17.4 Å². The molecule has 2 aliphatic heterocycles. The van der Waals surface area contributed by atoms with Crippen LogP contribution >= 0.6 is 12.4 Å². The SMILES string of the molecule is Cl.FC1(F)C(C2CCCO2)C12CNC2. The molecule has 0 radical (unpaired) electrons. The number of hydrogen-bond donors (Lipinski definition) is 1. The number of halogens is 3. The Morgan fingerprint density at radius 2 is 2.00 bits per heavy atom. The van der Waals surface area contributed by atoms with E-state index in [-0.39, 0.29) is 18.5 Å². The van der Waals surface area contributed by atoms with Crippen LogP contribution in [0.2, 0.25) is 0 Å². The van der Waals surface area contributed by atoms with Gasteiger partial charge in [0.25, 0.3) is 5.92 Å². The lowest BCUT2D eigenvalue weighted by Crippen LogP contribution is -2.48. The van der Waals surface area contributed by atoms with E-state index in [1.165, 1.54) is 0 Å². The Morgan fingerprint density at radius 3 is 2.36 bits per heavy atom. The summed E-state index contributed by atoms with van der Waals surface area (Å²) in [7, 11) is 0. The highest BCUT2D eigenvalue weighted by Gasteiger charge is 2.84. The van der Waals surface area contributed by atoms with Crippen LogP contribution in [0, 0.1) is 11.3 Å². The van der Waals surface area contributed by atoms with Gasteiger partial charge in [-0.25, -0.2) is 8.78 Å². The summed E-state index contributed by atoms with van der Waals surface area (Å²) in [6.45, 7) is 1.62. The van der Waals surface area contributed by atoms with Gasteiger partial charge in [-0.1, -0.05) is 0 Å². The summed E-state index contributed by atoms with van der Waals surface area (Å²) >= 11 is 0. The Morgan fingerprint density at radius 1 is 1.29 bits per heavy atom. The van der Waals surface area contributed by atoms with Crippen LogP contribution in [0.4, 0.5) is 8.78 Å². The van der Waals surface area contributed by atoms with Crippen molar-refractivity contribution in [3.05, 3.63) is 0 Å². The lowest BCUT2D eigenvalue weighted by molar-refractivity contribution is 0.0205. The molecule has 1 aliphatic carbocycles. The number of hydrogen-bond acceptors (Lipinski definition) is 2. The van der Waals surface area contributed by atoms with E-state index in [1.807, 2.05) is 0 Å². The summed E-state index contributed by atoms with van der Waals surface area (Å²) in [5, 5.41) is 2.94. The van der Waals surface area contributed by atoms with Gasteiger partial charge in [-0.05, 0) is 12.8 Å². The molecule has 3 rings (SSSR count). The van der Waals surface area contributed by atoms with Crippen molar-refractivity contribution in [3.8, 4) is 0 Å². The first-order valence-electron chi connectivity index (χ1n) is 4.89. The number of alkyl halides is 2. The van der Waals surface area contributed by atoms with E-state index in [1.54, 1.807) is 0 Å². The highest BCUT2D eigenvalue weighted by Crippen LogP contribution is 2.70. The molecule has 14 heavy (non-hydrogen) atoms. The van der Waals surface area contributed by atoms with Gasteiger partial charge in [-0.15, -0.1) is 12.4 Å². The van der Waals surface area contributed by atoms with Crippen molar-refractivity contribution < 1.29 is 13.5 Å². The summed E-state index contributed by atoms with van der Waals surface area (Å²) in [5.41, 5.74) is -0.720. The molecular formula is C9H14ClF2NO. The molecule has 3 aliphatic rings. The van der Waals surface area contributed by atoms with Gasteiger partial charge in [-0.2, -0.15) is 0 Å². The van der Waals surface area contributed by atoms with Gasteiger partial charge in [-0.3, -0.25) is 0 Å². The molecule has 2 nitrogen and oxygen atoms in total. The molecule has 1 spiro atoms. The first-order chi connectivity index (χ1) is 6.18. The minimum absolute atomic E-state index is 0. The maximum Gasteiger partial charge on any atom is 0.262 e. The van der Waals surface area contributed by atoms with E-state index in [2.05, 4.69) is 5.32 Å². The molecule has 82 valence electrons. The summed E-state index contributed by atoms with van der Waals surface area (Å²) in [6, 6.07) is 0. The van der Waals surface area contributed by atoms with Gasteiger partial charge in [0.1, 0.15) is 0 Å². The third-order valence-electron chi connectivity index (χ3n) is 3.78.